The fraction of sp³-hybridized carbons (Fsp3) is 0.300. The summed E-state index contributed by atoms with van der Waals surface area (Å²) in [6.07, 6.45) is 1.74. The lowest BCUT2D eigenvalue weighted by atomic mass is 10.1. The van der Waals surface area contributed by atoms with Crippen LogP contribution in [-0.4, -0.2) is 34.1 Å². The van der Waals surface area contributed by atoms with E-state index in [4.69, 9.17) is 4.74 Å². The Morgan fingerprint density at radius 3 is 2.68 bits per heavy atom. The summed E-state index contributed by atoms with van der Waals surface area (Å²) >= 11 is 1.14. The zero-order valence-electron chi connectivity index (χ0n) is 15.9. The molecule has 8 heteroatoms. The monoisotopic (exact) mass is 399 g/mol. The molecule has 0 aliphatic rings. The molecule has 2 heterocycles. The summed E-state index contributed by atoms with van der Waals surface area (Å²) in [5.41, 5.74) is 1.27. The van der Waals surface area contributed by atoms with Crippen molar-refractivity contribution in [2.45, 2.75) is 26.3 Å². The second-order valence-electron chi connectivity index (χ2n) is 6.36. The fourth-order valence-corrected chi connectivity index (χ4v) is 3.98. The van der Waals surface area contributed by atoms with Crippen molar-refractivity contribution in [3.8, 4) is 0 Å². The van der Waals surface area contributed by atoms with Gasteiger partial charge in [0.15, 0.2) is 0 Å². The predicted molar refractivity (Wildman–Crippen MR) is 108 cm³/mol. The molecule has 146 valence electrons. The molecule has 3 rings (SSSR count). The molecule has 1 atom stereocenters. The molecule has 1 N–H and O–H groups in total. The SMILES string of the molecule is CCOC(=O)C(Cc1ccccc1)NC(=O)c1sc2ncn(C)c(=O)c2c1C. The Morgan fingerprint density at radius 1 is 1.29 bits per heavy atom. The molecular formula is C20H21N3O4S. The van der Waals surface area contributed by atoms with Gasteiger partial charge in [0.2, 0.25) is 0 Å². The van der Waals surface area contributed by atoms with Gasteiger partial charge in [0.25, 0.3) is 11.5 Å². The van der Waals surface area contributed by atoms with E-state index >= 15 is 0 Å². The van der Waals surface area contributed by atoms with Crippen LogP contribution in [0.4, 0.5) is 0 Å². The summed E-state index contributed by atoms with van der Waals surface area (Å²) in [6, 6.07) is 8.58. The number of aryl methyl sites for hydroxylation is 2. The van der Waals surface area contributed by atoms with Crippen LogP contribution >= 0.6 is 11.3 Å². The number of carbonyl (C=O) groups excluding carboxylic acids is 2. The second kappa shape index (κ2) is 8.35. The molecule has 3 aromatic rings. The number of carbonyl (C=O) groups is 2. The van der Waals surface area contributed by atoms with Crippen LogP contribution in [0.2, 0.25) is 0 Å². The minimum Gasteiger partial charge on any atom is -0.464 e. The minimum atomic E-state index is -0.824. The van der Waals surface area contributed by atoms with E-state index in [-0.39, 0.29) is 12.2 Å². The lowest BCUT2D eigenvalue weighted by molar-refractivity contribution is -0.145. The molecule has 0 spiro atoms. The molecule has 1 aromatic carbocycles. The third kappa shape index (κ3) is 3.96. The van der Waals surface area contributed by atoms with Crippen molar-refractivity contribution in [3.63, 3.8) is 0 Å². The topological polar surface area (TPSA) is 90.3 Å². The largest absolute Gasteiger partial charge is 0.464 e. The van der Waals surface area contributed by atoms with E-state index in [0.29, 0.717) is 27.1 Å². The van der Waals surface area contributed by atoms with Gasteiger partial charge in [-0.1, -0.05) is 30.3 Å². The van der Waals surface area contributed by atoms with Crippen molar-refractivity contribution >= 4 is 33.4 Å². The fourth-order valence-electron chi connectivity index (χ4n) is 2.94. The first kappa shape index (κ1) is 19.8. The van der Waals surface area contributed by atoms with E-state index in [9.17, 15) is 14.4 Å². The lowest BCUT2D eigenvalue weighted by Gasteiger charge is -2.17. The van der Waals surface area contributed by atoms with Crippen LogP contribution < -0.4 is 10.9 Å². The van der Waals surface area contributed by atoms with Gasteiger partial charge < -0.3 is 14.6 Å². The Bertz CT molecular complexity index is 1070. The second-order valence-corrected chi connectivity index (χ2v) is 7.36. The molecule has 0 fully saturated rings. The highest BCUT2D eigenvalue weighted by atomic mass is 32.1. The normalized spacial score (nSPS) is 12.0. The number of nitrogens with zero attached hydrogens (tertiary/aromatic N) is 2. The van der Waals surface area contributed by atoms with Gasteiger partial charge in [-0.25, -0.2) is 9.78 Å². The van der Waals surface area contributed by atoms with E-state index in [1.165, 1.54) is 10.9 Å². The molecule has 7 nitrogen and oxygen atoms in total. The van der Waals surface area contributed by atoms with Gasteiger partial charge >= 0.3 is 5.97 Å². The Kier molecular flexibility index (Phi) is 5.89. The standard InChI is InChI=1S/C20H21N3O4S/c1-4-27-20(26)14(10-13-8-6-5-7-9-13)22-17(24)16-12(2)15-18(28-16)21-11-23(3)19(15)25/h5-9,11,14H,4,10H2,1-3H3,(H,22,24). The Hall–Kier alpha value is -3.00. The summed E-state index contributed by atoms with van der Waals surface area (Å²) in [5.74, 6) is -0.913. The molecule has 0 aliphatic heterocycles. The van der Waals surface area contributed by atoms with Crippen molar-refractivity contribution in [3.05, 3.63) is 63.0 Å². The Labute approximate surface area is 166 Å². The van der Waals surface area contributed by atoms with Gasteiger partial charge in [-0.05, 0) is 25.0 Å². The number of amides is 1. The summed E-state index contributed by atoms with van der Waals surface area (Å²) < 4.78 is 6.50. The van der Waals surface area contributed by atoms with Gasteiger partial charge in [-0.15, -0.1) is 11.3 Å². The summed E-state index contributed by atoms with van der Waals surface area (Å²) in [6.45, 7) is 3.66. The minimum absolute atomic E-state index is 0.205. The van der Waals surface area contributed by atoms with Gasteiger partial charge in [0.05, 0.1) is 23.2 Å². The Balaban J connectivity index is 1.90. The summed E-state index contributed by atoms with van der Waals surface area (Å²) in [7, 11) is 1.61. The van der Waals surface area contributed by atoms with Crippen LogP contribution in [0.15, 0.2) is 41.5 Å². The summed E-state index contributed by atoms with van der Waals surface area (Å²) in [5, 5.41) is 3.19. The molecule has 0 bridgehead atoms. The molecule has 0 radical (unpaired) electrons. The number of aromatic nitrogens is 2. The van der Waals surface area contributed by atoms with Crippen molar-refractivity contribution in [1.82, 2.24) is 14.9 Å². The maximum Gasteiger partial charge on any atom is 0.328 e. The number of esters is 1. The highest BCUT2D eigenvalue weighted by Gasteiger charge is 2.26. The van der Waals surface area contributed by atoms with Gasteiger partial charge in [-0.3, -0.25) is 9.59 Å². The number of ether oxygens (including phenoxy) is 1. The van der Waals surface area contributed by atoms with Crippen LogP contribution in [0.5, 0.6) is 0 Å². The van der Waals surface area contributed by atoms with E-state index in [2.05, 4.69) is 10.3 Å². The molecule has 28 heavy (non-hydrogen) atoms. The number of fused-ring (bicyclic) bond motifs is 1. The van der Waals surface area contributed by atoms with Crippen LogP contribution in [0.3, 0.4) is 0 Å². The van der Waals surface area contributed by atoms with Gasteiger partial charge in [-0.2, -0.15) is 0 Å². The average molecular weight is 399 g/mol. The van der Waals surface area contributed by atoms with Gasteiger partial charge in [0, 0.05) is 13.5 Å². The average Bonchev–Trinajstić information content (AvgIpc) is 3.02. The molecule has 0 saturated carbocycles. The number of hydrogen-bond donors (Lipinski definition) is 1. The first-order chi connectivity index (χ1) is 13.4. The van der Waals surface area contributed by atoms with E-state index in [1.54, 1.807) is 20.9 Å². The zero-order valence-corrected chi connectivity index (χ0v) is 16.7. The third-order valence-corrected chi connectivity index (χ3v) is 5.57. The lowest BCUT2D eigenvalue weighted by Crippen LogP contribution is -2.43. The van der Waals surface area contributed by atoms with Crippen LogP contribution in [0.1, 0.15) is 27.7 Å². The number of hydrogen-bond acceptors (Lipinski definition) is 6. The van der Waals surface area contributed by atoms with Crippen molar-refractivity contribution in [2.75, 3.05) is 6.61 Å². The zero-order chi connectivity index (χ0) is 20.3. The molecule has 0 aliphatic carbocycles. The first-order valence-corrected chi connectivity index (χ1v) is 9.70. The van der Waals surface area contributed by atoms with Crippen LogP contribution in [-0.2, 0) is 23.0 Å². The van der Waals surface area contributed by atoms with Crippen LogP contribution in [0, 0.1) is 6.92 Å². The number of benzene rings is 1. The maximum absolute atomic E-state index is 12.9. The molecule has 1 unspecified atom stereocenters. The summed E-state index contributed by atoms with van der Waals surface area (Å²) in [4.78, 5) is 42.7. The molecule has 1 amide bonds. The smallest absolute Gasteiger partial charge is 0.328 e. The third-order valence-electron chi connectivity index (χ3n) is 4.38. The highest BCUT2D eigenvalue weighted by molar-refractivity contribution is 7.20. The van der Waals surface area contributed by atoms with E-state index in [1.807, 2.05) is 30.3 Å². The number of nitrogens with one attached hydrogen (secondary N) is 1. The predicted octanol–water partition coefficient (Wildman–Crippen LogP) is 2.21. The highest BCUT2D eigenvalue weighted by Crippen LogP contribution is 2.26. The van der Waals surface area contributed by atoms with Gasteiger partial charge in [0.1, 0.15) is 10.9 Å². The van der Waals surface area contributed by atoms with Crippen molar-refractivity contribution in [1.29, 1.82) is 0 Å². The molecular weight excluding hydrogens is 378 g/mol. The first-order valence-electron chi connectivity index (χ1n) is 8.88. The van der Waals surface area contributed by atoms with E-state index in [0.717, 1.165) is 16.9 Å². The molecule has 0 saturated heterocycles. The molecule has 2 aromatic heterocycles. The van der Waals surface area contributed by atoms with Crippen molar-refractivity contribution in [2.24, 2.45) is 7.05 Å². The van der Waals surface area contributed by atoms with Crippen molar-refractivity contribution < 1.29 is 14.3 Å². The number of rotatable bonds is 6. The maximum atomic E-state index is 12.9. The Morgan fingerprint density at radius 2 is 2.00 bits per heavy atom. The number of thiophene rings is 1. The van der Waals surface area contributed by atoms with Crippen LogP contribution in [0.25, 0.3) is 10.2 Å². The van der Waals surface area contributed by atoms with E-state index < -0.39 is 17.9 Å². The quantitative estimate of drug-likeness (QED) is 0.642.